The standard InChI is InChI=1S/C33H32FN3O3/c1-31(2)27-13-12-23-28(22-9-4-6-10-25(22)34)36-30(24-18-20(19-38)35-26-11-7-5-8-21(24)26)37-29(23)32(27,3)14-15-33(31)39-16-17-40-33/h4-11,18-19,27H,12-17H2,1-3H3/t27-,32-/m1/s1. The third-order valence-corrected chi connectivity index (χ3v) is 9.81. The van der Waals surface area contributed by atoms with E-state index in [1.807, 2.05) is 30.3 Å². The monoisotopic (exact) mass is 537 g/mol. The van der Waals surface area contributed by atoms with Gasteiger partial charge in [-0.15, -0.1) is 0 Å². The Hall–Kier alpha value is -3.55. The minimum atomic E-state index is -0.598. The second-order valence-electron chi connectivity index (χ2n) is 12.1. The maximum absolute atomic E-state index is 15.4. The summed E-state index contributed by atoms with van der Waals surface area (Å²) in [6, 6.07) is 16.2. The van der Waals surface area contributed by atoms with Gasteiger partial charge in [0.15, 0.2) is 17.9 Å². The van der Waals surface area contributed by atoms with E-state index in [9.17, 15) is 4.79 Å². The summed E-state index contributed by atoms with van der Waals surface area (Å²) in [6.07, 6.45) is 3.97. The predicted octanol–water partition coefficient (Wildman–Crippen LogP) is 6.69. The van der Waals surface area contributed by atoms with Crippen LogP contribution in [0.25, 0.3) is 33.5 Å². The molecule has 2 aliphatic carbocycles. The van der Waals surface area contributed by atoms with E-state index in [4.69, 9.17) is 19.4 Å². The van der Waals surface area contributed by atoms with Crippen LogP contribution in [0, 0.1) is 17.2 Å². The van der Waals surface area contributed by atoms with Crippen molar-refractivity contribution in [3.8, 4) is 22.6 Å². The molecule has 7 heteroatoms. The summed E-state index contributed by atoms with van der Waals surface area (Å²) in [6.45, 7) is 8.04. The number of nitrogens with zero attached hydrogens (tertiary/aromatic N) is 3. The van der Waals surface area contributed by atoms with E-state index in [1.165, 1.54) is 6.07 Å². The molecule has 0 unspecified atom stereocenters. The lowest BCUT2D eigenvalue weighted by atomic mass is 9.49. The third-order valence-electron chi connectivity index (χ3n) is 9.81. The highest BCUT2D eigenvalue weighted by molar-refractivity contribution is 5.95. The van der Waals surface area contributed by atoms with Crippen molar-refractivity contribution in [1.82, 2.24) is 15.0 Å². The number of hydrogen-bond donors (Lipinski definition) is 0. The largest absolute Gasteiger partial charge is 0.347 e. The zero-order valence-corrected chi connectivity index (χ0v) is 23.0. The quantitative estimate of drug-likeness (QED) is 0.271. The zero-order valence-electron chi connectivity index (χ0n) is 23.0. The maximum Gasteiger partial charge on any atom is 0.173 e. The minimum absolute atomic E-state index is 0.232. The smallest absolute Gasteiger partial charge is 0.173 e. The van der Waals surface area contributed by atoms with Crippen molar-refractivity contribution in [3.05, 3.63) is 77.4 Å². The van der Waals surface area contributed by atoms with Crippen LogP contribution in [0.5, 0.6) is 0 Å². The summed E-state index contributed by atoms with van der Waals surface area (Å²) in [7, 11) is 0. The first kappa shape index (κ1) is 25.4. The Labute approximate surface area is 233 Å². The lowest BCUT2D eigenvalue weighted by Crippen LogP contribution is -2.61. The SMILES string of the molecule is CC1(C)[C@H]2CCc3c(-c4ccccc4F)nc(-c4cc(C=O)nc5ccccc45)nc3[C@]2(C)CCC12OCCO2. The molecule has 0 bridgehead atoms. The van der Waals surface area contributed by atoms with Gasteiger partial charge in [-0.25, -0.2) is 19.3 Å². The first-order chi connectivity index (χ1) is 19.3. The molecule has 6 nitrogen and oxygen atoms in total. The fourth-order valence-electron chi connectivity index (χ4n) is 7.84. The first-order valence-electron chi connectivity index (χ1n) is 14.1. The van der Waals surface area contributed by atoms with Crippen LogP contribution in [0.2, 0.25) is 0 Å². The van der Waals surface area contributed by atoms with Gasteiger partial charge in [0.25, 0.3) is 0 Å². The van der Waals surface area contributed by atoms with Gasteiger partial charge in [0.2, 0.25) is 0 Å². The lowest BCUT2D eigenvalue weighted by molar-refractivity contribution is -0.276. The molecule has 1 saturated heterocycles. The number of rotatable bonds is 3. The number of pyridine rings is 1. The van der Waals surface area contributed by atoms with E-state index < -0.39 is 5.79 Å². The highest BCUT2D eigenvalue weighted by Gasteiger charge is 2.63. The molecule has 2 aromatic heterocycles. The van der Waals surface area contributed by atoms with E-state index in [-0.39, 0.29) is 22.6 Å². The molecule has 40 heavy (non-hydrogen) atoms. The van der Waals surface area contributed by atoms with Gasteiger partial charge in [-0.05, 0) is 49.4 Å². The number of carbonyl (C=O) groups excluding carboxylic acids is 1. The number of fused-ring (bicyclic) bond motifs is 4. The molecule has 1 aliphatic heterocycles. The molecular formula is C33H32FN3O3. The van der Waals surface area contributed by atoms with Gasteiger partial charge in [-0.1, -0.05) is 51.1 Å². The Morgan fingerprint density at radius 3 is 2.45 bits per heavy atom. The van der Waals surface area contributed by atoms with E-state index in [2.05, 4.69) is 25.8 Å². The van der Waals surface area contributed by atoms with Crippen LogP contribution in [-0.2, 0) is 21.3 Å². The maximum atomic E-state index is 15.4. The minimum Gasteiger partial charge on any atom is -0.347 e. The second kappa shape index (κ2) is 8.98. The van der Waals surface area contributed by atoms with Crippen molar-refractivity contribution in [3.63, 3.8) is 0 Å². The highest BCUT2D eigenvalue weighted by Crippen LogP contribution is 2.62. The first-order valence-corrected chi connectivity index (χ1v) is 14.1. The summed E-state index contributed by atoms with van der Waals surface area (Å²) in [5.41, 5.74) is 4.21. The summed E-state index contributed by atoms with van der Waals surface area (Å²) in [5, 5.41) is 0.848. The molecule has 2 atom stereocenters. The van der Waals surface area contributed by atoms with Crippen LogP contribution in [0.1, 0.15) is 61.8 Å². The van der Waals surface area contributed by atoms with E-state index in [0.29, 0.717) is 47.1 Å². The number of aldehydes is 1. The third kappa shape index (κ3) is 3.53. The predicted molar refractivity (Wildman–Crippen MR) is 150 cm³/mol. The van der Waals surface area contributed by atoms with Gasteiger partial charge in [-0.3, -0.25) is 4.79 Å². The summed E-state index contributed by atoms with van der Waals surface area (Å²) in [5.74, 6) is -0.202. The molecule has 204 valence electrons. The van der Waals surface area contributed by atoms with Crippen LogP contribution in [0.4, 0.5) is 4.39 Å². The van der Waals surface area contributed by atoms with E-state index in [1.54, 1.807) is 18.2 Å². The van der Waals surface area contributed by atoms with Crippen molar-refractivity contribution < 1.29 is 18.7 Å². The van der Waals surface area contributed by atoms with Crippen LogP contribution in [-0.4, -0.2) is 40.2 Å². The number of hydrogen-bond acceptors (Lipinski definition) is 6. The van der Waals surface area contributed by atoms with Crippen LogP contribution >= 0.6 is 0 Å². The molecule has 3 heterocycles. The highest BCUT2D eigenvalue weighted by atomic mass is 19.1. The average Bonchev–Trinajstić information content (AvgIpc) is 3.46. The summed E-state index contributed by atoms with van der Waals surface area (Å²) in [4.78, 5) is 26.7. The summed E-state index contributed by atoms with van der Waals surface area (Å²) >= 11 is 0. The Bertz CT molecular complexity index is 1660. The number of para-hydroxylation sites is 1. The molecule has 4 aromatic rings. The molecule has 0 radical (unpaired) electrons. The van der Waals surface area contributed by atoms with Crippen molar-refractivity contribution in [1.29, 1.82) is 0 Å². The fourth-order valence-corrected chi connectivity index (χ4v) is 7.84. The van der Waals surface area contributed by atoms with Gasteiger partial charge >= 0.3 is 0 Å². The van der Waals surface area contributed by atoms with Crippen LogP contribution in [0.15, 0.2) is 54.6 Å². The van der Waals surface area contributed by atoms with Gasteiger partial charge in [0, 0.05) is 39.3 Å². The average molecular weight is 538 g/mol. The van der Waals surface area contributed by atoms with Gasteiger partial charge in [0.05, 0.1) is 30.1 Å². The van der Waals surface area contributed by atoms with Crippen molar-refractivity contribution >= 4 is 17.2 Å². The van der Waals surface area contributed by atoms with Crippen LogP contribution < -0.4 is 0 Å². The molecule has 2 fully saturated rings. The van der Waals surface area contributed by atoms with Crippen molar-refractivity contribution in [2.45, 2.75) is 57.7 Å². The Balaban J connectivity index is 1.50. The number of carbonyl (C=O) groups is 1. The van der Waals surface area contributed by atoms with E-state index in [0.717, 1.165) is 48.6 Å². The Kier molecular flexibility index (Phi) is 5.71. The van der Waals surface area contributed by atoms with Crippen LogP contribution in [0.3, 0.4) is 0 Å². The second-order valence-corrected chi connectivity index (χ2v) is 12.1. The van der Waals surface area contributed by atoms with Gasteiger partial charge in [-0.2, -0.15) is 0 Å². The van der Waals surface area contributed by atoms with Crippen molar-refractivity contribution in [2.24, 2.45) is 11.3 Å². The number of halogens is 1. The summed E-state index contributed by atoms with van der Waals surface area (Å²) < 4.78 is 28.0. The molecule has 2 aromatic carbocycles. The van der Waals surface area contributed by atoms with Gasteiger partial charge in [0.1, 0.15) is 11.5 Å². The number of benzene rings is 2. The molecule has 3 aliphatic rings. The number of aromatic nitrogens is 3. The van der Waals surface area contributed by atoms with E-state index >= 15 is 4.39 Å². The zero-order chi connectivity index (χ0) is 27.7. The van der Waals surface area contributed by atoms with Crippen molar-refractivity contribution in [2.75, 3.05) is 13.2 Å². The lowest BCUT2D eigenvalue weighted by Gasteiger charge is -2.59. The molecular weight excluding hydrogens is 505 g/mol. The molecule has 0 amide bonds. The number of ether oxygens (including phenoxy) is 2. The molecule has 0 N–H and O–H groups in total. The Morgan fingerprint density at radius 2 is 1.68 bits per heavy atom. The fraction of sp³-hybridized carbons (Fsp3) is 0.394. The molecule has 7 rings (SSSR count). The molecule has 1 saturated carbocycles. The Morgan fingerprint density at radius 1 is 0.925 bits per heavy atom. The van der Waals surface area contributed by atoms with Gasteiger partial charge < -0.3 is 9.47 Å². The normalized spacial score (nSPS) is 24.6. The topological polar surface area (TPSA) is 74.2 Å². The molecule has 1 spiro atoms.